The lowest BCUT2D eigenvalue weighted by molar-refractivity contribution is -0.137. The zero-order chi connectivity index (χ0) is 27.3. The molecule has 1 aliphatic carbocycles. The third kappa shape index (κ3) is 4.65. The standard InChI is InChI=1S/C33H30FNO4/c1-18-12-22(21-5-4-20(3)35-16-21)13-19(2)32(18)26-8-10-28(34)33-27(26)9-11-29(33)39-24-6-7-25-23(14-31(36)37)17-38-30(25)15-24/h4-8,10,12-13,15-16,23,29H,9,11,14,17H2,1-3H3,(H,36,37)/t23?,29-/m1/s1. The van der Waals surface area contributed by atoms with Crippen LogP contribution in [-0.4, -0.2) is 22.7 Å². The van der Waals surface area contributed by atoms with Crippen LogP contribution in [-0.2, 0) is 11.2 Å². The normalized spacial score (nSPS) is 17.4. The van der Waals surface area contributed by atoms with Crippen LogP contribution in [0.25, 0.3) is 22.3 Å². The second-order valence-electron chi connectivity index (χ2n) is 10.6. The van der Waals surface area contributed by atoms with E-state index in [1.807, 2.05) is 37.4 Å². The minimum atomic E-state index is -0.849. The summed E-state index contributed by atoms with van der Waals surface area (Å²) in [4.78, 5) is 15.6. The minimum Gasteiger partial charge on any atom is -0.492 e. The molecule has 0 saturated heterocycles. The molecule has 1 unspecified atom stereocenters. The lowest BCUT2D eigenvalue weighted by Crippen LogP contribution is -2.07. The van der Waals surface area contributed by atoms with Gasteiger partial charge in [0, 0.05) is 40.6 Å². The molecule has 1 aliphatic heterocycles. The average Bonchev–Trinajstić information content (AvgIpc) is 3.50. The van der Waals surface area contributed by atoms with Crippen molar-refractivity contribution < 1.29 is 23.8 Å². The molecule has 1 N–H and O–H groups in total. The van der Waals surface area contributed by atoms with Gasteiger partial charge in [-0.1, -0.05) is 30.3 Å². The van der Waals surface area contributed by atoms with E-state index in [9.17, 15) is 4.79 Å². The Bertz CT molecular complexity index is 1570. The maximum Gasteiger partial charge on any atom is 0.304 e. The van der Waals surface area contributed by atoms with Gasteiger partial charge in [-0.2, -0.15) is 0 Å². The molecule has 1 aromatic heterocycles. The first-order valence-corrected chi connectivity index (χ1v) is 13.3. The zero-order valence-electron chi connectivity index (χ0n) is 22.3. The molecule has 198 valence electrons. The van der Waals surface area contributed by atoms with Crippen molar-refractivity contribution in [1.29, 1.82) is 0 Å². The first kappa shape index (κ1) is 25.1. The Morgan fingerprint density at radius 3 is 2.56 bits per heavy atom. The molecule has 2 heterocycles. The predicted octanol–water partition coefficient (Wildman–Crippen LogP) is 7.50. The van der Waals surface area contributed by atoms with E-state index in [4.69, 9.17) is 14.6 Å². The van der Waals surface area contributed by atoms with E-state index in [1.54, 1.807) is 12.1 Å². The van der Waals surface area contributed by atoms with Gasteiger partial charge in [-0.15, -0.1) is 0 Å². The van der Waals surface area contributed by atoms with Gasteiger partial charge in [0.15, 0.2) is 0 Å². The molecule has 6 rings (SSSR count). The van der Waals surface area contributed by atoms with Gasteiger partial charge in [0.2, 0.25) is 0 Å². The molecule has 39 heavy (non-hydrogen) atoms. The van der Waals surface area contributed by atoms with Crippen LogP contribution in [0.15, 0.2) is 60.8 Å². The molecule has 2 aliphatic rings. The predicted molar refractivity (Wildman–Crippen MR) is 148 cm³/mol. The van der Waals surface area contributed by atoms with Crippen LogP contribution < -0.4 is 9.47 Å². The summed E-state index contributed by atoms with van der Waals surface area (Å²) in [5.74, 6) is -0.0401. The number of aryl methyl sites for hydroxylation is 3. The van der Waals surface area contributed by atoms with E-state index < -0.39 is 12.1 Å². The van der Waals surface area contributed by atoms with Crippen molar-refractivity contribution in [1.82, 2.24) is 4.98 Å². The Balaban J connectivity index is 1.31. The van der Waals surface area contributed by atoms with E-state index in [0.717, 1.165) is 56.6 Å². The maximum absolute atomic E-state index is 15.3. The van der Waals surface area contributed by atoms with Gasteiger partial charge in [0.1, 0.15) is 23.4 Å². The highest BCUT2D eigenvalue weighted by molar-refractivity contribution is 5.79. The summed E-state index contributed by atoms with van der Waals surface area (Å²) in [6.45, 7) is 6.53. The number of halogens is 1. The Morgan fingerprint density at radius 1 is 1.05 bits per heavy atom. The number of ether oxygens (including phenoxy) is 2. The number of fused-ring (bicyclic) bond motifs is 2. The van der Waals surface area contributed by atoms with Gasteiger partial charge >= 0.3 is 5.97 Å². The average molecular weight is 524 g/mol. The number of pyridine rings is 1. The lowest BCUT2D eigenvalue weighted by Gasteiger charge is -2.19. The van der Waals surface area contributed by atoms with E-state index in [1.165, 1.54) is 0 Å². The lowest BCUT2D eigenvalue weighted by atomic mass is 9.88. The first-order chi connectivity index (χ1) is 18.8. The second-order valence-corrected chi connectivity index (χ2v) is 10.6. The highest BCUT2D eigenvalue weighted by atomic mass is 19.1. The Hall–Kier alpha value is -4.19. The van der Waals surface area contributed by atoms with E-state index in [-0.39, 0.29) is 18.2 Å². The molecular formula is C33H30FNO4. The summed E-state index contributed by atoms with van der Waals surface area (Å²) in [5, 5.41) is 9.16. The van der Waals surface area contributed by atoms with Crippen LogP contribution in [0, 0.1) is 26.6 Å². The molecule has 4 aromatic rings. The molecule has 0 radical (unpaired) electrons. The van der Waals surface area contributed by atoms with Crippen LogP contribution in [0.4, 0.5) is 4.39 Å². The summed E-state index contributed by atoms with van der Waals surface area (Å²) in [6, 6.07) is 17.4. The number of rotatable bonds is 6. The highest BCUT2D eigenvalue weighted by Crippen LogP contribution is 2.45. The molecule has 2 atom stereocenters. The van der Waals surface area contributed by atoms with Crippen LogP contribution in [0.3, 0.4) is 0 Å². The fourth-order valence-corrected chi connectivity index (χ4v) is 6.09. The largest absolute Gasteiger partial charge is 0.492 e. The van der Waals surface area contributed by atoms with Crippen LogP contribution in [0.1, 0.15) is 58.4 Å². The van der Waals surface area contributed by atoms with Crippen LogP contribution in [0.5, 0.6) is 11.5 Å². The van der Waals surface area contributed by atoms with Crippen LogP contribution in [0.2, 0.25) is 0 Å². The molecule has 0 fully saturated rings. The molecule has 0 saturated carbocycles. The van der Waals surface area contributed by atoms with Crippen molar-refractivity contribution in [3.63, 3.8) is 0 Å². The van der Waals surface area contributed by atoms with E-state index >= 15 is 4.39 Å². The Labute approximate surface area is 227 Å². The molecule has 6 heteroatoms. The second kappa shape index (κ2) is 9.84. The maximum atomic E-state index is 15.3. The van der Waals surface area contributed by atoms with E-state index in [2.05, 4.69) is 37.0 Å². The molecule has 0 amide bonds. The molecule has 0 spiro atoms. The fraction of sp³-hybridized carbons (Fsp3) is 0.273. The van der Waals surface area contributed by atoms with Crippen molar-refractivity contribution in [3.8, 4) is 33.8 Å². The van der Waals surface area contributed by atoms with Gasteiger partial charge in [-0.05, 0) is 85.2 Å². The van der Waals surface area contributed by atoms with Crippen LogP contribution >= 0.6 is 0 Å². The highest BCUT2D eigenvalue weighted by Gasteiger charge is 2.32. The summed E-state index contributed by atoms with van der Waals surface area (Å²) in [6.07, 6.45) is 2.91. The molecule has 5 nitrogen and oxygen atoms in total. The molecular weight excluding hydrogens is 493 g/mol. The number of benzene rings is 3. The third-order valence-corrected chi connectivity index (χ3v) is 7.89. The van der Waals surface area contributed by atoms with Gasteiger partial charge in [0.25, 0.3) is 0 Å². The van der Waals surface area contributed by atoms with E-state index in [0.29, 0.717) is 30.1 Å². The van der Waals surface area contributed by atoms with Crippen molar-refractivity contribution in [2.24, 2.45) is 0 Å². The third-order valence-electron chi connectivity index (χ3n) is 7.89. The zero-order valence-corrected chi connectivity index (χ0v) is 22.3. The molecule has 0 bridgehead atoms. The Kier molecular flexibility index (Phi) is 6.34. The van der Waals surface area contributed by atoms with Crippen molar-refractivity contribution in [3.05, 3.63) is 100 Å². The summed E-state index contributed by atoms with van der Waals surface area (Å²) in [7, 11) is 0. The monoisotopic (exact) mass is 523 g/mol. The number of aliphatic carboxylic acids is 1. The number of carboxylic acid groups (broad SMARTS) is 1. The number of hydrogen-bond acceptors (Lipinski definition) is 4. The number of carboxylic acids is 1. The first-order valence-electron chi connectivity index (χ1n) is 13.3. The fourth-order valence-electron chi connectivity index (χ4n) is 6.09. The van der Waals surface area contributed by atoms with Crippen molar-refractivity contribution in [2.75, 3.05) is 6.61 Å². The topological polar surface area (TPSA) is 68.7 Å². The van der Waals surface area contributed by atoms with Gasteiger partial charge in [0.05, 0.1) is 13.0 Å². The smallest absolute Gasteiger partial charge is 0.304 e. The number of aromatic nitrogens is 1. The Morgan fingerprint density at radius 2 is 1.85 bits per heavy atom. The summed E-state index contributed by atoms with van der Waals surface area (Å²) in [5.41, 5.74) is 10.1. The summed E-state index contributed by atoms with van der Waals surface area (Å²) < 4.78 is 27.3. The number of hydrogen-bond donors (Lipinski definition) is 1. The van der Waals surface area contributed by atoms with Gasteiger partial charge in [-0.25, -0.2) is 4.39 Å². The minimum absolute atomic E-state index is 0.0267. The van der Waals surface area contributed by atoms with Gasteiger partial charge < -0.3 is 14.6 Å². The quantitative estimate of drug-likeness (QED) is 0.283. The van der Waals surface area contributed by atoms with Crippen molar-refractivity contribution >= 4 is 5.97 Å². The summed E-state index contributed by atoms with van der Waals surface area (Å²) >= 11 is 0. The number of carbonyl (C=O) groups is 1. The molecule has 3 aromatic carbocycles. The number of nitrogens with zero attached hydrogens (tertiary/aromatic N) is 1. The van der Waals surface area contributed by atoms with Gasteiger partial charge in [-0.3, -0.25) is 9.78 Å². The van der Waals surface area contributed by atoms with Crippen molar-refractivity contribution in [2.45, 2.75) is 52.1 Å². The SMILES string of the molecule is Cc1ccc(-c2cc(C)c(-c3ccc(F)c4c3CC[C@H]4Oc3ccc4c(c3)OCC4CC(=O)O)c(C)c2)cn1.